The van der Waals surface area contributed by atoms with Crippen molar-refractivity contribution in [3.63, 3.8) is 0 Å². The molecule has 2 rings (SSSR count). The number of hydrogen-bond donors (Lipinski definition) is 0. The molecule has 5 heteroatoms. The first-order valence-corrected chi connectivity index (χ1v) is 7.05. The van der Waals surface area contributed by atoms with E-state index in [1.807, 2.05) is 22.9 Å². The molecule has 0 aliphatic carbocycles. The van der Waals surface area contributed by atoms with Gasteiger partial charge in [0.05, 0.1) is 8.66 Å². The molecule has 0 atom stereocenters. The summed E-state index contributed by atoms with van der Waals surface area (Å²) < 4.78 is 1.85. The Balaban J connectivity index is 2.38. The normalized spacial score (nSPS) is 10.4. The Bertz CT molecular complexity index is 473. The Morgan fingerprint density at radius 2 is 2.07 bits per heavy atom. The molecule has 0 bridgehead atoms. The van der Waals surface area contributed by atoms with E-state index in [0.717, 1.165) is 18.7 Å². The van der Waals surface area contributed by atoms with Crippen LogP contribution in [0.2, 0.25) is 0 Å². The van der Waals surface area contributed by atoms with E-state index < -0.39 is 0 Å². The minimum absolute atomic E-state index is 0.0776. The van der Waals surface area contributed by atoms with E-state index in [0.29, 0.717) is 0 Å². The van der Waals surface area contributed by atoms with E-state index in [-0.39, 0.29) is 5.78 Å². The van der Waals surface area contributed by atoms with Crippen molar-refractivity contribution in [2.24, 2.45) is 0 Å². The van der Waals surface area contributed by atoms with Crippen LogP contribution in [0.25, 0.3) is 0 Å². The number of carbonyl (C=O) groups excluding carboxylic acids is 1. The number of rotatable bonds is 2. The van der Waals surface area contributed by atoms with E-state index in [2.05, 4.69) is 31.9 Å². The summed E-state index contributed by atoms with van der Waals surface area (Å²) in [4.78, 5) is 12.7. The molecular weight excluding hydrogens is 348 g/mol. The van der Waals surface area contributed by atoms with Crippen LogP contribution in [0.4, 0.5) is 0 Å². The average Bonchev–Trinajstić information content (AvgIpc) is 2.73. The molecule has 0 unspecified atom stereocenters. The third kappa shape index (κ3) is 2.00. The van der Waals surface area contributed by atoms with Gasteiger partial charge in [-0.15, -0.1) is 22.7 Å². The quantitative estimate of drug-likeness (QED) is 0.724. The van der Waals surface area contributed by atoms with Gasteiger partial charge in [0, 0.05) is 15.4 Å². The van der Waals surface area contributed by atoms with E-state index in [9.17, 15) is 4.79 Å². The molecular formula is C9H4Br2OS2. The monoisotopic (exact) mass is 350 g/mol. The van der Waals surface area contributed by atoms with Crippen molar-refractivity contribution >= 4 is 60.3 Å². The van der Waals surface area contributed by atoms with Crippen molar-refractivity contribution in [2.45, 2.75) is 0 Å². The Labute approximate surface area is 106 Å². The van der Waals surface area contributed by atoms with Crippen LogP contribution in [0.3, 0.4) is 0 Å². The Kier molecular flexibility index (Phi) is 3.21. The first kappa shape index (κ1) is 10.5. The predicted octanol–water partition coefficient (Wildman–Crippen LogP) is 4.57. The van der Waals surface area contributed by atoms with Crippen LogP contribution < -0.4 is 0 Å². The third-order valence-electron chi connectivity index (χ3n) is 1.65. The lowest BCUT2D eigenvalue weighted by atomic mass is 10.2. The van der Waals surface area contributed by atoms with Crippen LogP contribution in [-0.4, -0.2) is 5.78 Å². The van der Waals surface area contributed by atoms with Gasteiger partial charge in [0.2, 0.25) is 5.78 Å². The largest absolute Gasteiger partial charge is 0.288 e. The van der Waals surface area contributed by atoms with Gasteiger partial charge in [-0.05, 0) is 49.4 Å². The van der Waals surface area contributed by atoms with Crippen molar-refractivity contribution in [2.75, 3.05) is 0 Å². The zero-order chi connectivity index (χ0) is 10.1. The molecule has 0 radical (unpaired) electrons. The molecule has 2 aromatic rings. The van der Waals surface area contributed by atoms with E-state index in [1.54, 1.807) is 0 Å². The highest BCUT2D eigenvalue weighted by atomic mass is 79.9. The summed E-state index contributed by atoms with van der Waals surface area (Å²) in [6.45, 7) is 0. The Hall–Kier alpha value is 0.0300. The Morgan fingerprint density at radius 3 is 2.57 bits per heavy atom. The highest BCUT2D eigenvalue weighted by molar-refractivity contribution is 9.11. The smallest absolute Gasteiger partial charge is 0.204 e. The predicted molar refractivity (Wildman–Crippen MR) is 67.5 cm³/mol. The lowest BCUT2D eigenvalue weighted by Gasteiger charge is -1.93. The van der Waals surface area contributed by atoms with Crippen molar-refractivity contribution < 1.29 is 4.79 Å². The van der Waals surface area contributed by atoms with Gasteiger partial charge in [0.25, 0.3) is 0 Å². The maximum Gasteiger partial charge on any atom is 0.204 e. The molecule has 0 saturated heterocycles. The molecule has 0 saturated carbocycles. The van der Waals surface area contributed by atoms with Crippen molar-refractivity contribution in [3.8, 4) is 0 Å². The molecule has 0 fully saturated rings. The molecule has 14 heavy (non-hydrogen) atoms. The van der Waals surface area contributed by atoms with Crippen LogP contribution in [0.5, 0.6) is 0 Å². The fourth-order valence-electron chi connectivity index (χ4n) is 1.02. The number of thiophene rings is 2. The van der Waals surface area contributed by atoms with Crippen LogP contribution in [-0.2, 0) is 0 Å². The molecule has 0 amide bonds. The van der Waals surface area contributed by atoms with E-state index in [4.69, 9.17) is 0 Å². The first-order chi connectivity index (χ1) is 6.68. The average molecular weight is 352 g/mol. The number of hydrogen-bond acceptors (Lipinski definition) is 3. The summed E-state index contributed by atoms with van der Waals surface area (Å²) in [5, 5.41) is 3.76. The molecule has 72 valence electrons. The van der Waals surface area contributed by atoms with Crippen LogP contribution in [0.15, 0.2) is 31.2 Å². The van der Waals surface area contributed by atoms with Gasteiger partial charge in [-0.3, -0.25) is 4.79 Å². The number of ketones is 1. The molecule has 1 nitrogen and oxygen atoms in total. The first-order valence-electron chi connectivity index (χ1n) is 3.70. The highest BCUT2D eigenvalue weighted by Gasteiger charge is 2.14. The van der Waals surface area contributed by atoms with Crippen molar-refractivity contribution in [1.82, 2.24) is 0 Å². The maximum atomic E-state index is 11.9. The number of carbonyl (C=O) groups is 1. The van der Waals surface area contributed by atoms with Crippen LogP contribution >= 0.6 is 54.5 Å². The molecule has 0 aliphatic rings. The standard InChI is InChI=1S/C9H4Br2OS2/c10-6-1-2-13-9(6)8(12)5-3-7(11)14-4-5/h1-4H. The fourth-order valence-corrected chi connectivity index (χ4v) is 3.67. The van der Waals surface area contributed by atoms with Gasteiger partial charge in [-0.2, -0.15) is 0 Å². The summed E-state index contributed by atoms with van der Waals surface area (Å²) in [6.07, 6.45) is 0. The van der Waals surface area contributed by atoms with Gasteiger partial charge in [0.15, 0.2) is 0 Å². The number of halogens is 2. The minimum atomic E-state index is 0.0776. The second-order valence-corrected chi connectivity index (χ2v) is 6.63. The highest BCUT2D eigenvalue weighted by Crippen LogP contribution is 2.28. The fraction of sp³-hybridized carbons (Fsp3) is 0. The summed E-state index contributed by atoms with van der Waals surface area (Å²) >= 11 is 9.67. The zero-order valence-electron chi connectivity index (χ0n) is 6.79. The van der Waals surface area contributed by atoms with Gasteiger partial charge in [0.1, 0.15) is 0 Å². The molecule has 0 N–H and O–H groups in total. The second-order valence-electron chi connectivity index (χ2n) is 2.57. The maximum absolute atomic E-state index is 11.9. The van der Waals surface area contributed by atoms with Crippen LogP contribution in [0.1, 0.15) is 15.2 Å². The van der Waals surface area contributed by atoms with Gasteiger partial charge < -0.3 is 0 Å². The third-order valence-corrected chi connectivity index (χ3v) is 4.99. The van der Waals surface area contributed by atoms with Gasteiger partial charge in [-0.25, -0.2) is 0 Å². The summed E-state index contributed by atoms with van der Waals surface area (Å²) in [7, 11) is 0. The summed E-state index contributed by atoms with van der Waals surface area (Å²) in [5.41, 5.74) is 0.741. The van der Waals surface area contributed by atoms with Gasteiger partial charge in [-0.1, -0.05) is 0 Å². The summed E-state index contributed by atoms with van der Waals surface area (Å²) in [5.74, 6) is 0.0776. The molecule has 2 heterocycles. The van der Waals surface area contributed by atoms with E-state index >= 15 is 0 Å². The molecule has 0 aromatic carbocycles. The SMILES string of the molecule is O=C(c1csc(Br)c1)c1sccc1Br. The Morgan fingerprint density at radius 1 is 1.29 bits per heavy atom. The summed E-state index contributed by atoms with van der Waals surface area (Å²) in [6, 6.07) is 3.73. The molecule has 0 aliphatic heterocycles. The van der Waals surface area contributed by atoms with Crippen molar-refractivity contribution in [3.05, 3.63) is 41.6 Å². The van der Waals surface area contributed by atoms with Crippen LogP contribution in [0, 0.1) is 0 Å². The van der Waals surface area contributed by atoms with Gasteiger partial charge >= 0.3 is 0 Å². The minimum Gasteiger partial charge on any atom is -0.288 e. The zero-order valence-corrected chi connectivity index (χ0v) is 11.6. The van der Waals surface area contributed by atoms with Crippen molar-refractivity contribution in [1.29, 1.82) is 0 Å². The molecule has 0 spiro atoms. The lowest BCUT2D eigenvalue weighted by Crippen LogP contribution is -1.96. The lowest BCUT2D eigenvalue weighted by molar-refractivity contribution is 0.104. The van der Waals surface area contributed by atoms with E-state index in [1.165, 1.54) is 22.7 Å². The topological polar surface area (TPSA) is 17.1 Å². The molecule has 2 aromatic heterocycles. The second kappa shape index (κ2) is 4.26.